The smallest absolute Gasteiger partial charge is 0.306 e. The minimum absolute atomic E-state index is 0.145. The summed E-state index contributed by atoms with van der Waals surface area (Å²) in [4.78, 5) is 25.7. The van der Waals surface area contributed by atoms with Gasteiger partial charge in [-0.25, -0.2) is 0 Å². The van der Waals surface area contributed by atoms with Crippen LogP contribution in [-0.2, 0) is 38.0 Å². The Morgan fingerprint density at radius 2 is 0.924 bits per heavy atom. The fourth-order valence-corrected chi connectivity index (χ4v) is 7.56. The molecule has 0 saturated carbocycles. The van der Waals surface area contributed by atoms with Crippen molar-refractivity contribution in [2.75, 3.05) is 26.4 Å². The molecule has 0 aromatic heterocycles. The van der Waals surface area contributed by atoms with Gasteiger partial charge >= 0.3 is 11.9 Å². The van der Waals surface area contributed by atoms with Gasteiger partial charge in [-0.1, -0.05) is 133 Å². The largest absolute Gasteiger partial charge is 0.462 e. The molecule has 11 atom stereocenters. The molecule has 382 valence electrons. The average molecular weight is 941 g/mol. The fourth-order valence-electron chi connectivity index (χ4n) is 7.56. The molecule has 11 unspecified atom stereocenters. The lowest BCUT2D eigenvalue weighted by molar-refractivity contribution is -0.332. The Morgan fingerprint density at radius 1 is 0.485 bits per heavy atom. The van der Waals surface area contributed by atoms with Crippen LogP contribution in [0.2, 0.25) is 0 Å². The highest BCUT2D eigenvalue weighted by molar-refractivity contribution is 5.70. The molecule has 0 aromatic rings. The first-order chi connectivity index (χ1) is 32.0. The van der Waals surface area contributed by atoms with Gasteiger partial charge in [0.25, 0.3) is 0 Å². The maximum atomic E-state index is 13.0. The maximum Gasteiger partial charge on any atom is 0.306 e. The van der Waals surface area contributed by atoms with E-state index >= 15 is 0 Å². The number of ether oxygens (including phenoxy) is 6. The standard InChI is InChI=1S/C51H88O15/c1-3-5-7-9-11-13-15-17-19-20-22-24-26-28-30-32-34-43(54)64-39(36-61-42(53)33-31-29-27-25-23-21-18-16-14-12-10-8-6-4-2)37-62-50-49(60)47(58)45(56)41(66-50)38-63-51-48(59)46(57)44(55)40(35-52)65-51/h10,12-13,15-16,18-20,39-41,44-52,55-60H,3-9,11,14,17,21-38H2,1-2H3/b12-10-,15-13-,18-16-,20-19-. The highest BCUT2D eigenvalue weighted by Crippen LogP contribution is 2.26. The number of carbonyl (C=O) groups excluding carboxylic acids is 2. The molecule has 0 amide bonds. The molecule has 0 spiro atoms. The van der Waals surface area contributed by atoms with Crippen LogP contribution in [0.25, 0.3) is 0 Å². The minimum atomic E-state index is -1.77. The Balaban J connectivity index is 1.84. The van der Waals surface area contributed by atoms with Gasteiger partial charge in [-0.05, 0) is 70.6 Å². The van der Waals surface area contributed by atoms with Gasteiger partial charge in [0.15, 0.2) is 18.7 Å². The van der Waals surface area contributed by atoms with Crippen molar-refractivity contribution in [2.45, 2.75) is 235 Å². The Bertz CT molecular complexity index is 1340. The third-order valence-corrected chi connectivity index (χ3v) is 11.8. The van der Waals surface area contributed by atoms with E-state index in [2.05, 4.69) is 62.5 Å². The van der Waals surface area contributed by atoms with Crippen molar-refractivity contribution in [2.24, 2.45) is 0 Å². The molecule has 2 fully saturated rings. The van der Waals surface area contributed by atoms with Crippen LogP contribution in [0.5, 0.6) is 0 Å². The summed E-state index contributed by atoms with van der Waals surface area (Å²) in [7, 11) is 0. The third kappa shape index (κ3) is 26.3. The number of aliphatic hydroxyl groups excluding tert-OH is 7. The van der Waals surface area contributed by atoms with Crippen molar-refractivity contribution in [1.82, 2.24) is 0 Å². The molecule has 15 heteroatoms. The zero-order valence-electron chi connectivity index (χ0n) is 40.2. The molecule has 66 heavy (non-hydrogen) atoms. The van der Waals surface area contributed by atoms with Crippen LogP contribution < -0.4 is 0 Å². The number of allylic oxidation sites excluding steroid dienone is 8. The van der Waals surface area contributed by atoms with E-state index < -0.39 is 99.3 Å². The summed E-state index contributed by atoms with van der Waals surface area (Å²) in [6, 6.07) is 0. The lowest BCUT2D eigenvalue weighted by atomic mass is 9.98. The lowest BCUT2D eigenvalue weighted by Gasteiger charge is -2.42. The normalized spacial score (nSPS) is 26.6. The number of hydrogen-bond acceptors (Lipinski definition) is 15. The van der Waals surface area contributed by atoms with E-state index in [1.807, 2.05) is 0 Å². The van der Waals surface area contributed by atoms with Gasteiger partial charge in [-0.2, -0.15) is 0 Å². The van der Waals surface area contributed by atoms with Crippen LogP contribution in [0.4, 0.5) is 0 Å². The predicted octanol–water partition coefficient (Wildman–Crippen LogP) is 6.71. The zero-order valence-corrected chi connectivity index (χ0v) is 40.2. The van der Waals surface area contributed by atoms with Crippen molar-refractivity contribution in [1.29, 1.82) is 0 Å². The molecule has 2 saturated heterocycles. The summed E-state index contributed by atoms with van der Waals surface area (Å²) in [5.74, 6) is -0.960. The highest BCUT2D eigenvalue weighted by atomic mass is 16.7. The quantitative estimate of drug-likeness (QED) is 0.0194. The van der Waals surface area contributed by atoms with Crippen LogP contribution in [0, 0.1) is 0 Å². The Kier molecular flexibility index (Phi) is 34.6. The SMILES string of the molecule is CCCC/C=C\C/C=C\CCCCCCCC(=O)OCC(COC1OC(COC2OC(CO)C(O)C(O)C2O)C(O)C(O)C1O)OC(=O)CCCCCCC/C=C\C/C=C\CCCCCC. The number of carbonyl (C=O) groups is 2. The monoisotopic (exact) mass is 941 g/mol. The first kappa shape index (κ1) is 59.6. The molecule has 7 N–H and O–H groups in total. The van der Waals surface area contributed by atoms with Gasteiger partial charge in [0.2, 0.25) is 0 Å². The molecule has 0 radical (unpaired) electrons. The Hall–Kier alpha value is -2.54. The zero-order chi connectivity index (χ0) is 48.2. The van der Waals surface area contributed by atoms with Gasteiger partial charge < -0.3 is 64.2 Å². The summed E-state index contributed by atoms with van der Waals surface area (Å²) in [6.07, 6.45) is 24.2. The predicted molar refractivity (Wildman–Crippen MR) is 252 cm³/mol. The maximum absolute atomic E-state index is 13.0. The molecule has 2 aliphatic heterocycles. The van der Waals surface area contributed by atoms with Crippen LogP contribution in [0.1, 0.15) is 168 Å². The Labute approximate surface area is 395 Å². The van der Waals surface area contributed by atoms with E-state index in [-0.39, 0.29) is 19.4 Å². The topological polar surface area (TPSA) is 231 Å². The number of esters is 2. The van der Waals surface area contributed by atoms with Crippen LogP contribution in [0.15, 0.2) is 48.6 Å². The number of hydrogen-bond donors (Lipinski definition) is 7. The second-order valence-corrected chi connectivity index (χ2v) is 17.6. The summed E-state index contributed by atoms with van der Waals surface area (Å²) >= 11 is 0. The molecule has 15 nitrogen and oxygen atoms in total. The van der Waals surface area contributed by atoms with E-state index in [4.69, 9.17) is 28.4 Å². The van der Waals surface area contributed by atoms with Gasteiger partial charge in [0, 0.05) is 12.8 Å². The third-order valence-electron chi connectivity index (χ3n) is 11.8. The van der Waals surface area contributed by atoms with Crippen molar-refractivity contribution >= 4 is 11.9 Å². The molecule has 0 aromatic carbocycles. The number of rotatable bonds is 38. The lowest BCUT2D eigenvalue weighted by Crippen LogP contribution is -2.61. The summed E-state index contributed by atoms with van der Waals surface area (Å²) in [5.41, 5.74) is 0. The Morgan fingerprint density at radius 3 is 1.45 bits per heavy atom. The van der Waals surface area contributed by atoms with Crippen LogP contribution in [0.3, 0.4) is 0 Å². The van der Waals surface area contributed by atoms with E-state index in [0.29, 0.717) is 12.8 Å². The summed E-state index contributed by atoms with van der Waals surface area (Å²) in [5, 5.41) is 72.0. The molecule has 0 aliphatic carbocycles. The number of aliphatic hydroxyl groups is 7. The first-order valence-corrected chi connectivity index (χ1v) is 25.2. The van der Waals surface area contributed by atoms with Crippen molar-refractivity contribution in [3.05, 3.63) is 48.6 Å². The fraction of sp³-hybridized carbons (Fsp3) is 0.804. The van der Waals surface area contributed by atoms with Gasteiger partial charge in [0.05, 0.1) is 19.8 Å². The first-order valence-electron chi connectivity index (χ1n) is 25.2. The van der Waals surface area contributed by atoms with E-state index in [1.54, 1.807) is 0 Å². The highest BCUT2D eigenvalue weighted by Gasteiger charge is 2.47. The second kappa shape index (κ2) is 38.3. The molecule has 2 aliphatic rings. The van der Waals surface area contributed by atoms with Gasteiger partial charge in [0.1, 0.15) is 55.4 Å². The molecular weight excluding hydrogens is 853 g/mol. The van der Waals surface area contributed by atoms with E-state index in [0.717, 1.165) is 89.9 Å². The summed E-state index contributed by atoms with van der Waals surface area (Å²) in [6.45, 7) is 2.49. The molecule has 2 heterocycles. The molecule has 2 rings (SSSR count). The average Bonchev–Trinajstić information content (AvgIpc) is 3.31. The van der Waals surface area contributed by atoms with Gasteiger partial charge in [-0.3, -0.25) is 9.59 Å². The van der Waals surface area contributed by atoms with Crippen molar-refractivity contribution in [3.8, 4) is 0 Å². The summed E-state index contributed by atoms with van der Waals surface area (Å²) < 4.78 is 33.5. The van der Waals surface area contributed by atoms with Crippen LogP contribution in [-0.4, -0.2) is 142 Å². The minimum Gasteiger partial charge on any atom is -0.462 e. The van der Waals surface area contributed by atoms with E-state index in [1.165, 1.54) is 38.5 Å². The van der Waals surface area contributed by atoms with Crippen molar-refractivity contribution in [3.63, 3.8) is 0 Å². The van der Waals surface area contributed by atoms with Crippen LogP contribution >= 0.6 is 0 Å². The van der Waals surface area contributed by atoms with Crippen molar-refractivity contribution < 1.29 is 73.8 Å². The van der Waals surface area contributed by atoms with Gasteiger partial charge in [-0.15, -0.1) is 0 Å². The molecule has 0 bridgehead atoms. The molecular formula is C51H88O15. The van der Waals surface area contributed by atoms with E-state index in [9.17, 15) is 45.3 Å². The second-order valence-electron chi connectivity index (χ2n) is 17.6. The number of unbranched alkanes of at least 4 members (excludes halogenated alkanes) is 16.